The Labute approximate surface area is 113 Å². The highest BCUT2D eigenvalue weighted by Gasteiger charge is 2.32. The molecule has 1 aliphatic rings. The maximum atomic E-state index is 5.63. The molecule has 2 unspecified atom stereocenters. The van der Waals surface area contributed by atoms with Crippen molar-refractivity contribution in [1.29, 1.82) is 0 Å². The van der Waals surface area contributed by atoms with E-state index in [1.165, 1.54) is 6.42 Å². The van der Waals surface area contributed by atoms with Crippen LogP contribution in [0.4, 0.5) is 5.13 Å². The van der Waals surface area contributed by atoms with Crippen molar-refractivity contribution in [2.75, 3.05) is 32.1 Å². The van der Waals surface area contributed by atoms with Gasteiger partial charge in [0, 0.05) is 31.6 Å². The predicted octanol–water partition coefficient (Wildman–Crippen LogP) is 2.43. The smallest absolute Gasteiger partial charge is 0.185 e. The quantitative estimate of drug-likeness (QED) is 0.911. The second kappa shape index (κ2) is 5.55. The topological polar surface area (TPSA) is 37.4 Å². The molecule has 0 aromatic carbocycles. The Hall–Kier alpha value is -0.650. The van der Waals surface area contributed by atoms with Crippen LogP contribution in [-0.4, -0.2) is 37.8 Å². The largest absolute Gasteiger partial charge is 0.377 e. The average molecular weight is 269 g/mol. The van der Waals surface area contributed by atoms with Gasteiger partial charge in [0.1, 0.15) is 0 Å². The van der Waals surface area contributed by atoms with Crippen molar-refractivity contribution in [2.45, 2.75) is 38.3 Å². The summed E-state index contributed by atoms with van der Waals surface area (Å²) in [4.78, 5) is 7.08. The Morgan fingerprint density at radius 3 is 3.06 bits per heavy atom. The molecule has 102 valence electrons. The van der Waals surface area contributed by atoms with E-state index in [0.717, 1.165) is 30.3 Å². The lowest BCUT2D eigenvalue weighted by Crippen LogP contribution is -2.47. The maximum Gasteiger partial charge on any atom is 0.185 e. The lowest BCUT2D eigenvalue weighted by atomic mass is 9.95. The molecule has 1 N–H and O–H groups in total. The van der Waals surface area contributed by atoms with E-state index in [9.17, 15) is 0 Å². The maximum absolute atomic E-state index is 5.63. The van der Waals surface area contributed by atoms with E-state index in [1.54, 1.807) is 18.4 Å². The molecule has 1 fully saturated rings. The molecule has 0 aliphatic carbocycles. The van der Waals surface area contributed by atoms with E-state index < -0.39 is 0 Å². The van der Waals surface area contributed by atoms with Crippen LogP contribution in [0, 0.1) is 0 Å². The van der Waals surface area contributed by atoms with Crippen LogP contribution in [0.25, 0.3) is 0 Å². The summed E-state index contributed by atoms with van der Waals surface area (Å²) in [6.07, 6.45) is 2.30. The lowest BCUT2D eigenvalue weighted by Gasteiger charge is -2.39. The van der Waals surface area contributed by atoms with Crippen LogP contribution < -0.4 is 10.2 Å². The molecule has 0 radical (unpaired) electrons. The van der Waals surface area contributed by atoms with Crippen LogP contribution in [0.2, 0.25) is 0 Å². The zero-order valence-corrected chi connectivity index (χ0v) is 12.5. The van der Waals surface area contributed by atoms with E-state index in [2.05, 4.69) is 29.4 Å². The van der Waals surface area contributed by atoms with Gasteiger partial charge in [-0.2, -0.15) is 0 Å². The first-order valence-corrected chi connectivity index (χ1v) is 7.39. The normalized spacial score (nSPS) is 26.3. The molecule has 1 aromatic heterocycles. The molecule has 2 rings (SSSR count). The van der Waals surface area contributed by atoms with Crippen LogP contribution in [0.3, 0.4) is 0 Å². The number of hydrogen-bond acceptors (Lipinski definition) is 5. The minimum absolute atomic E-state index is 0.0291. The third kappa shape index (κ3) is 2.84. The SMILES string of the molecule is CNC(C)c1csc(N2CCCC(C)(OC)C2)n1. The third-order valence-electron chi connectivity index (χ3n) is 3.81. The number of ether oxygens (including phenoxy) is 1. The van der Waals surface area contributed by atoms with Crippen molar-refractivity contribution in [3.05, 3.63) is 11.1 Å². The van der Waals surface area contributed by atoms with Gasteiger partial charge < -0.3 is 15.0 Å². The molecule has 18 heavy (non-hydrogen) atoms. The second-order valence-corrected chi connectivity index (χ2v) is 6.08. The van der Waals surface area contributed by atoms with Crippen molar-refractivity contribution in [3.8, 4) is 0 Å². The van der Waals surface area contributed by atoms with Gasteiger partial charge in [-0.1, -0.05) is 0 Å². The van der Waals surface area contributed by atoms with Crippen LogP contribution in [0.15, 0.2) is 5.38 Å². The number of nitrogens with zero attached hydrogens (tertiary/aromatic N) is 2. The number of rotatable bonds is 4. The highest BCUT2D eigenvalue weighted by Crippen LogP contribution is 2.30. The number of thiazole rings is 1. The molecular formula is C13H23N3OS. The summed E-state index contributed by atoms with van der Waals surface area (Å²) in [6.45, 7) is 6.34. The van der Waals surface area contributed by atoms with Gasteiger partial charge in [-0.15, -0.1) is 11.3 Å². The first kappa shape index (κ1) is 13.8. The summed E-state index contributed by atoms with van der Waals surface area (Å²) in [7, 11) is 3.77. The van der Waals surface area contributed by atoms with Gasteiger partial charge in [-0.3, -0.25) is 0 Å². The van der Waals surface area contributed by atoms with E-state index >= 15 is 0 Å². The van der Waals surface area contributed by atoms with Gasteiger partial charge >= 0.3 is 0 Å². The Morgan fingerprint density at radius 1 is 1.61 bits per heavy atom. The first-order valence-electron chi connectivity index (χ1n) is 6.51. The van der Waals surface area contributed by atoms with Crippen LogP contribution in [0.1, 0.15) is 38.4 Å². The van der Waals surface area contributed by atoms with E-state index in [4.69, 9.17) is 9.72 Å². The second-order valence-electron chi connectivity index (χ2n) is 5.24. The zero-order chi connectivity index (χ0) is 13.2. The number of anilines is 1. The number of hydrogen-bond donors (Lipinski definition) is 1. The minimum atomic E-state index is -0.0291. The molecule has 2 heterocycles. The zero-order valence-electron chi connectivity index (χ0n) is 11.7. The standard InChI is InChI=1S/C13H23N3OS/c1-10(14-3)11-8-18-12(15-11)16-7-5-6-13(2,9-16)17-4/h8,10,14H,5-7,9H2,1-4H3. The monoisotopic (exact) mass is 269 g/mol. The molecule has 1 aliphatic heterocycles. The third-order valence-corrected chi connectivity index (χ3v) is 4.73. The van der Waals surface area contributed by atoms with Gasteiger partial charge in [-0.05, 0) is 33.7 Å². The Morgan fingerprint density at radius 2 is 2.39 bits per heavy atom. The number of piperidine rings is 1. The van der Waals surface area contributed by atoms with Crippen LogP contribution >= 0.6 is 11.3 Å². The first-order chi connectivity index (χ1) is 8.58. The summed E-state index contributed by atoms with van der Waals surface area (Å²) < 4.78 is 5.63. The molecule has 1 saturated heterocycles. The molecule has 0 saturated carbocycles. The van der Waals surface area contributed by atoms with Gasteiger partial charge in [0.2, 0.25) is 0 Å². The van der Waals surface area contributed by atoms with Crippen molar-refractivity contribution in [1.82, 2.24) is 10.3 Å². The molecule has 5 heteroatoms. The summed E-state index contributed by atoms with van der Waals surface area (Å²) in [5, 5.41) is 6.49. The van der Waals surface area contributed by atoms with Gasteiger partial charge in [0.05, 0.1) is 11.3 Å². The summed E-state index contributed by atoms with van der Waals surface area (Å²) in [6, 6.07) is 0.314. The lowest BCUT2D eigenvalue weighted by molar-refractivity contribution is -0.00466. The van der Waals surface area contributed by atoms with Gasteiger partial charge in [0.15, 0.2) is 5.13 Å². The molecule has 0 spiro atoms. The summed E-state index contributed by atoms with van der Waals surface area (Å²) >= 11 is 1.73. The van der Waals surface area contributed by atoms with Gasteiger partial charge in [-0.25, -0.2) is 4.98 Å². The molecule has 4 nitrogen and oxygen atoms in total. The predicted molar refractivity (Wildman–Crippen MR) is 76.4 cm³/mol. The van der Waals surface area contributed by atoms with Crippen LogP contribution in [0.5, 0.6) is 0 Å². The van der Waals surface area contributed by atoms with E-state index in [0.29, 0.717) is 6.04 Å². The highest BCUT2D eigenvalue weighted by molar-refractivity contribution is 7.13. The number of aromatic nitrogens is 1. The van der Waals surface area contributed by atoms with E-state index in [1.807, 2.05) is 7.05 Å². The summed E-state index contributed by atoms with van der Waals surface area (Å²) in [5.41, 5.74) is 1.10. The molecule has 2 atom stereocenters. The molecular weight excluding hydrogens is 246 g/mol. The summed E-state index contributed by atoms with van der Waals surface area (Å²) in [5.74, 6) is 0. The van der Waals surface area contributed by atoms with E-state index in [-0.39, 0.29) is 5.60 Å². The molecule has 0 amide bonds. The number of nitrogens with one attached hydrogen (secondary N) is 1. The van der Waals surface area contributed by atoms with Gasteiger partial charge in [0.25, 0.3) is 0 Å². The minimum Gasteiger partial charge on any atom is -0.377 e. The highest BCUT2D eigenvalue weighted by atomic mass is 32.1. The fourth-order valence-electron chi connectivity index (χ4n) is 2.30. The molecule has 1 aromatic rings. The Balaban J connectivity index is 2.09. The number of methoxy groups -OCH3 is 1. The Kier molecular flexibility index (Phi) is 4.25. The van der Waals surface area contributed by atoms with Crippen LogP contribution in [-0.2, 0) is 4.74 Å². The average Bonchev–Trinajstić information content (AvgIpc) is 2.87. The fourth-order valence-corrected chi connectivity index (χ4v) is 3.25. The fraction of sp³-hybridized carbons (Fsp3) is 0.769. The van der Waals surface area contributed by atoms with Crippen molar-refractivity contribution >= 4 is 16.5 Å². The molecule has 0 bridgehead atoms. The van der Waals surface area contributed by atoms with Crippen molar-refractivity contribution < 1.29 is 4.74 Å². The van der Waals surface area contributed by atoms with Crippen molar-refractivity contribution in [2.24, 2.45) is 0 Å². The Bertz CT molecular complexity index is 395. The van der Waals surface area contributed by atoms with Crippen molar-refractivity contribution in [3.63, 3.8) is 0 Å².